The number of nitrogens with one attached hydrogen (secondary N) is 4. The number of hydrogen-bond acceptors (Lipinski definition) is 7. The van der Waals surface area contributed by atoms with Crippen LogP contribution in [0.3, 0.4) is 0 Å². The van der Waals surface area contributed by atoms with Gasteiger partial charge in [0.05, 0.1) is 0 Å². The van der Waals surface area contributed by atoms with Crippen LogP contribution in [0.25, 0.3) is 0 Å². The minimum atomic E-state index is -0.557. The van der Waals surface area contributed by atoms with E-state index < -0.39 is 23.4 Å². The van der Waals surface area contributed by atoms with Crippen molar-refractivity contribution in [1.29, 1.82) is 0 Å². The normalized spacial score (nSPS) is 11.2. The molecule has 0 unspecified atom stereocenters. The van der Waals surface area contributed by atoms with Gasteiger partial charge in [-0.1, -0.05) is 12.7 Å². The zero-order valence-electron chi connectivity index (χ0n) is 24.7. The summed E-state index contributed by atoms with van der Waals surface area (Å²) in [4.78, 5) is 48.9. The molecule has 40 heavy (non-hydrogen) atoms. The molecular formula is C29H46N4O7. The van der Waals surface area contributed by atoms with Crippen LogP contribution in [0.15, 0.2) is 30.9 Å². The van der Waals surface area contributed by atoms with E-state index in [0.29, 0.717) is 68.7 Å². The van der Waals surface area contributed by atoms with Crippen LogP contribution < -0.4 is 26.0 Å². The average Bonchev–Trinajstić information content (AvgIpc) is 2.84. The molecule has 0 aliphatic carbocycles. The second kappa shape index (κ2) is 17.0. The van der Waals surface area contributed by atoms with Crippen molar-refractivity contribution in [1.82, 2.24) is 21.3 Å². The number of ether oxygens (including phenoxy) is 3. The third-order valence-electron chi connectivity index (χ3n) is 4.91. The van der Waals surface area contributed by atoms with Crippen molar-refractivity contribution in [2.75, 3.05) is 32.8 Å². The number of rotatable bonds is 15. The second-order valence-electron chi connectivity index (χ2n) is 11.1. The Balaban J connectivity index is 2.54. The highest BCUT2D eigenvalue weighted by molar-refractivity contribution is 6.00. The highest BCUT2D eigenvalue weighted by Gasteiger charge is 2.17. The summed E-state index contributed by atoms with van der Waals surface area (Å²) in [7, 11) is 0. The first-order valence-electron chi connectivity index (χ1n) is 13.6. The zero-order valence-corrected chi connectivity index (χ0v) is 24.7. The molecule has 0 aliphatic heterocycles. The van der Waals surface area contributed by atoms with E-state index in [-0.39, 0.29) is 18.4 Å². The summed E-state index contributed by atoms with van der Waals surface area (Å²) < 4.78 is 16.0. The molecule has 1 aromatic rings. The molecular weight excluding hydrogens is 516 g/mol. The van der Waals surface area contributed by atoms with Gasteiger partial charge in [-0.15, -0.1) is 0 Å². The maximum atomic E-state index is 12.8. The molecule has 0 bridgehead atoms. The lowest BCUT2D eigenvalue weighted by molar-refractivity contribution is 0.0515. The van der Waals surface area contributed by atoms with Gasteiger partial charge in [0, 0.05) is 37.3 Å². The molecule has 0 saturated heterocycles. The molecule has 1 rings (SSSR count). The lowest BCUT2D eigenvalue weighted by atomic mass is 10.1. The Morgan fingerprint density at radius 2 is 1.05 bits per heavy atom. The molecule has 0 radical (unpaired) electrons. The third-order valence-corrected chi connectivity index (χ3v) is 4.91. The largest absolute Gasteiger partial charge is 0.490 e. The quantitative estimate of drug-likeness (QED) is 0.184. The van der Waals surface area contributed by atoms with Gasteiger partial charge in [0.2, 0.25) is 0 Å². The van der Waals surface area contributed by atoms with Crippen molar-refractivity contribution < 1.29 is 33.4 Å². The number of alkyl carbamates (subject to hydrolysis) is 2. The molecule has 224 valence electrons. The molecule has 0 saturated carbocycles. The number of carbonyl (C=O) groups excluding carboxylic acids is 4. The highest BCUT2D eigenvalue weighted by Crippen LogP contribution is 2.18. The van der Waals surface area contributed by atoms with E-state index >= 15 is 0 Å². The number of hydrogen-bond donors (Lipinski definition) is 4. The number of amides is 4. The molecule has 1 aromatic carbocycles. The van der Waals surface area contributed by atoms with Gasteiger partial charge in [0.1, 0.15) is 23.6 Å². The molecule has 0 heterocycles. The lowest BCUT2D eigenvalue weighted by Crippen LogP contribution is -2.33. The van der Waals surface area contributed by atoms with Crippen molar-refractivity contribution >= 4 is 24.0 Å². The van der Waals surface area contributed by atoms with Crippen LogP contribution in [0, 0.1) is 0 Å². The van der Waals surface area contributed by atoms with Crippen LogP contribution in [0.1, 0.15) is 87.9 Å². The molecule has 4 amide bonds. The van der Waals surface area contributed by atoms with Crippen LogP contribution in [-0.4, -0.2) is 68.0 Å². The van der Waals surface area contributed by atoms with E-state index in [1.807, 2.05) is 0 Å². The first-order valence-corrected chi connectivity index (χ1v) is 13.6. The van der Waals surface area contributed by atoms with E-state index in [1.165, 1.54) is 6.07 Å². The van der Waals surface area contributed by atoms with Gasteiger partial charge in [-0.2, -0.15) is 0 Å². The Morgan fingerprint density at radius 1 is 0.675 bits per heavy atom. The molecule has 0 atom stereocenters. The van der Waals surface area contributed by atoms with Gasteiger partial charge < -0.3 is 35.5 Å². The summed E-state index contributed by atoms with van der Waals surface area (Å²) in [6, 6.07) is 4.66. The molecule has 11 nitrogen and oxygen atoms in total. The maximum absolute atomic E-state index is 12.8. The fourth-order valence-corrected chi connectivity index (χ4v) is 3.22. The molecule has 0 spiro atoms. The van der Waals surface area contributed by atoms with E-state index in [1.54, 1.807) is 59.8 Å². The van der Waals surface area contributed by atoms with Crippen LogP contribution in [0.4, 0.5) is 9.59 Å². The fraction of sp³-hybridized carbons (Fsp3) is 0.586. The number of carbonyl (C=O) groups is 4. The first-order chi connectivity index (χ1) is 18.7. The average molecular weight is 563 g/mol. The minimum absolute atomic E-state index is 0.224. The van der Waals surface area contributed by atoms with Crippen molar-refractivity contribution in [3.63, 3.8) is 0 Å². The van der Waals surface area contributed by atoms with Crippen LogP contribution in [0.5, 0.6) is 5.75 Å². The van der Waals surface area contributed by atoms with Gasteiger partial charge >= 0.3 is 12.2 Å². The van der Waals surface area contributed by atoms with Crippen molar-refractivity contribution in [3.8, 4) is 5.75 Å². The lowest BCUT2D eigenvalue weighted by Gasteiger charge is -2.19. The van der Waals surface area contributed by atoms with Crippen molar-refractivity contribution in [2.45, 2.75) is 78.4 Å². The highest BCUT2D eigenvalue weighted by atomic mass is 16.6. The summed E-state index contributed by atoms with van der Waals surface area (Å²) in [6.07, 6.45) is 3.22. The Morgan fingerprint density at radius 3 is 1.40 bits per heavy atom. The van der Waals surface area contributed by atoms with Crippen molar-refractivity contribution in [2.24, 2.45) is 0 Å². The van der Waals surface area contributed by atoms with Gasteiger partial charge in [-0.25, -0.2) is 9.59 Å². The Labute approximate surface area is 237 Å². The Kier molecular flexibility index (Phi) is 14.6. The minimum Gasteiger partial charge on any atom is -0.490 e. The van der Waals surface area contributed by atoms with Gasteiger partial charge in [0.25, 0.3) is 11.8 Å². The van der Waals surface area contributed by atoms with Gasteiger partial charge in [0.15, 0.2) is 0 Å². The van der Waals surface area contributed by atoms with Gasteiger partial charge in [-0.05, 0) is 85.4 Å². The monoisotopic (exact) mass is 562 g/mol. The van der Waals surface area contributed by atoms with Gasteiger partial charge in [-0.3, -0.25) is 9.59 Å². The summed E-state index contributed by atoms with van der Waals surface area (Å²) in [6.45, 7) is 16.3. The summed E-state index contributed by atoms with van der Waals surface area (Å²) in [5.41, 5.74) is -0.531. The second-order valence-corrected chi connectivity index (χ2v) is 11.1. The van der Waals surface area contributed by atoms with Crippen LogP contribution in [0.2, 0.25) is 0 Å². The predicted molar refractivity (Wildman–Crippen MR) is 154 cm³/mol. The Bertz CT molecular complexity index is 927. The van der Waals surface area contributed by atoms with E-state index in [4.69, 9.17) is 14.2 Å². The summed E-state index contributed by atoms with van der Waals surface area (Å²) in [5, 5.41) is 11.0. The summed E-state index contributed by atoms with van der Waals surface area (Å²) in [5.74, 6) is -0.307. The van der Waals surface area contributed by atoms with Crippen LogP contribution >= 0.6 is 0 Å². The van der Waals surface area contributed by atoms with E-state index in [0.717, 1.165) is 0 Å². The number of benzene rings is 1. The number of unbranched alkanes of at least 4 members (excludes halogenated alkanes) is 2. The Hall–Kier alpha value is -3.76. The zero-order chi connectivity index (χ0) is 30.2. The van der Waals surface area contributed by atoms with E-state index in [2.05, 4.69) is 27.8 Å². The van der Waals surface area contributed by atoms with Crippen LogP contribution in [-0.2, 0) is 9.47 Å². The predicted octanol–water partition coefficient (Wildman–Crippen LogP) is 4.32. The SMILES string of the molecule is C=CCOc1cc(C(=O)NCCCCNC(=O)OC(C)(C)C)cc(C(=O)NCCCCNC(=O)OC(C)(C)C)c1. The smallest absolute Gasteiger partial charge is 0.407 e. The van der Waals surface area contributed by atoms with Crippen molar-refractivity contribution in [3.05, 3.63) is 42.0 Å². The maximum Gasteiger partial charge on any atom is 0.407 e. The molecule has 11 heteroatoms. The molecule has 4 N–H and O–H groups in total. The fourth-order valence-electron chi connectivity index (χ4n) is 3.22. The molecule has 0 aromatic heterocycles. The van der Waals surface area contributed by atoms with E-state index in [9.17, 15) is 19.2 Å². The molecule has 0 aliphatic rings. The summed E-state index contributed by atoms with van der Waals surface area (Å²) >= 11 is 0. The third kappa shape index (κ3) is 16.3. The standard InChI is InChI=1S/C29H46N4O7/c1-8-17-38-23-19-21(24(34)30-13-9-11-15-32-26(36)39-28(2,3)4)18-22(20-23)25(35)31-14-10-12-16-33-27(37)40-29(5,6)7/h8,18-20H,1,9-17H2,2-7H3,(H,30,34)(H,31,35)(H,32,36)(H,33,37). The first kappa shape index (κ1) is 34.3. The molecule has 0 fully saturated rings. The topological polar surface area (TPSA) is 144 Å².